The second-order valence-corrected chi connectivity index (χ2v) is 19.2. The van der Waals surface area contributed by atoms with Gasteiger partial charge in [-0.2, -0.15) is 4.58 Å². The van der Waals surface area contributed by atoms with E-state index in [1.165, 1.54) is 5.57 Å². The molecule has 0 atom stereocenters. The minimum Gasteiger partial charge on any atom is -0.453 e. The van der Waals surface area contributed by atoms with Crippen molar-refractivity contribution in [1.82, 2.24) is 20.2 Å². The Morgan fingerprint density at radius 3 is 1.83 bits per heavy atom. The fourth-order valence-corrected chi connectivity index (χ4v) is 9.34. The highest BCUT2D eigenvalue weighted by atomic mass is 16.5. The van der Waals surface area contributed by atoms with Crippen molar-refractivity contribution < 1.29 is 18.7 Å². The summed E-state index contributed by atoms with van der Waals surface area (Å²) in [5.74, 6) is 2.25. The number of aliphatic imine (C=N–C) groups is 1. The average Bonchev–Trinajstić information content (AvgIpc) is 3.39. The molecule has 4 N–H and O–H groups in total. The number of carbonyl (C=O) groups is 2. The van der Waals surface area contributed by atoms with Gasteiger partial charge >= 0.3 is 0 Å². The van der Waals surface area contributed by atoms with E-state index in [2.05, 4.69) is 121 Å². The molecule has 2 amide bonds. The van der Waals surface area contributed by atoms with Crippen LogP contribution >= 0.6 is 0 Å². The summed E-state index contributed by atoms with van der Waals surface area (Å²) in [6, 6.07) is 38.1. The van der Waals surface area contributed by atoms with Crippen LogP contribution < -0.4 is 35.9 Å². The molecule has 5 aromatic carbocycles. The van der Waals surface area contributed by atoms with Gasteiger partial charge in [-0.15, -0.1) is 0 Å². The number of nitrogens with one attached hydrogen (secondary N) is 4. The van der Waals surface area contributed by atoms with Gasteiger partial charge in [0.1, 0.15) is 35.4 Å². The number of allylic oxidation sites excluding steroid dienone is 3. The first-order valence-corrected chi connectivity index (χ1v) is 25.6. The SMILES string of the molecule is CC1=CC2=Nc3cc(C)c(NCCCCCCNC(=O)c4ccc(-c5ccc(C(=O)NCCCCCCNc6cc7oc8cc(=[N+](C)c9ccccc9)c(C)cc-8nc7cc6C)cc5)cc4)cc3OC2=CC1. The van der Waals surface area contributed by atoms with E-state index in [1.807, 2.05) is 66.7 Å². The lowest BCUT2D eigenvalue weighted by Gasteiger charge is -2.22. The van der Waals surface area contributed by atoms with Crippen LogP contribution in [0.15, 0.2) is 148 Å². The molecule has 0 bridgehead atoms. The number of fused-ring (bicyclic) bond motifs is 4. The zero-order valence-corrected chi connectivity index (χ0v) is 42.3. The normalized spacial score (nSPS) is 13.3. The first kappa shape index (κ1) is 49.2. The maximum atomic E-state index is 12.9. The molecule has 5 aromatic rings. The molecule has 2 aliphatic carbocycles. The quantitative estimate of drug-likeness (QED) is 0.0340. The number of rotatable bonds is 20. The van der Waals surface area contributed by atoms with E-state index in [-0.39, 0.29) is 11.8 Å². The molecular formula is C61H66N7O4+. The molecule has 0 spiro atoms. The molecule has 0 unspecified atom stereocenters. The number of para-hydroxylation sites is 1. The lowest BCUT2D eigenvalue weighted by Crippen LogP contribution is -2.24. The van der Waals surface area contributed by atoms with Crippen LogP contribution in [0.4, 0.5) is 22.7 Å². The third-order valence-electron chi connectivity index (χ3n) is 13.6. The molecule has 0 fully saturated rings. The summed E-state index contributed by atoms with van der Waals surface area (Å²) in [6.07, 6.45) is 13.2. The minimum absolute atomic E-state index is 0.0688. The van der Waals surface area contributed by atoms with Crippen molar-refractivity contribution in [3.63, 3.8) is 0 Å². The van der Waals surface area contributed by atoms with Crippen LogP contribution in [0.2, 0.25) is 0 Å². The highest BCUT2D eigenvalue weighted by molar-refractivity contribution is 6.11. The molecule has 4 aliphatic rings. The maximum Gasteiger partial charge on any atom is 0.251 e. The van der Waals surface area contributed by atoms with E-state index in [0.717, 1.165) is 167 Å². The van der Waals surface area contributed by atoms with Crippen LogP contribution in [0.5, 0.6) is 5.75 Å². The number of unbranched alkanes of at least 4 members (excludes halogenated alkanes) is 6. The summed E-state index contributed by atoms with van der Waals surface area (Å²) in [5, 5.41) is 14.4. The molecule has 2 aliphatic heterocycles. The number of hydrogen-bond acceptors (Lipinski definition) is 8. The van der Waals surface area contributed by atoms with Gasteiger partial charge in [0.05, 0.1) is 6.07 Å². The third kappa shape index (κ3) is 12.0. The van der Waals surface area contributed by atoms with Gasteiger partial charge in [-0.05, 0) is 137 Å². The summed E-state index contributed by atoms with van der Waals surface area (Å²) in [7, 11) is 2.07. The first-order chi connectivity index (χ1) is 35.1. The number of hydrogen-bond donors (Lipinski definition) is 4. The first-order valence-electron chi connectivity index (χ1n) is 25.6. The molecule has 0 saturated heterocycles. The smallest absolute Gasteiger partial charge is 0.251 e. The topological polar surface area (TPSA) is 133 Å². The van der Waals surface area contributed by atoms with Crippen molar-refractivity contribution in [2.75, 3.05) is 43.9 Å². The number of nitrogens with zero attached hydrogens (tertiary/aromatic N) is 3. The van der Waals surface area contributed by atoms with Crippen LogP contribution in [0.25, 0.3) is 33.7 Å². The summed E-state index contributed by atoms with van der Waals surface area (Å²) < 4.78 is 14.8. The van der Waals surface area contributed by atoms with Crippen LogP contribution in [0.3, 0.4) is 0 Å². The fourth-order valence-electron chi connectivity index (χ4n) is 9.34. The van der Waals surface area contributed by atoms with Crippen LogP contribution in [0.1, 0.15) is 102 Å². The number of carbonyl (C=O) groups excluding carboxylic acids is 2. The number of ether oxygens (including phenoxy) is 1. The molecule has 0 aromatic heterocycles. The molecule has 368 valence electrons. The van der Waals surface area contributed by atoms with Gasteiger partial charge in [0, 0.05) is 78.5 Å². The second-order valence-electron chi connectivity index (χ2n) is 19.2. The van der Waals surface area contributed by atoms with Crippen molar-refractivity contribution in [3.8, 4) is 28.3 Å². The molecule has 11 nitrogen and oxygen atoms in total. The summed E-state index contributed by atoms with van der Waals surface area (Å²) in [4.78, 5) is 35.6. The number of anilines is 2. The van der Waals surface area contributed by atoms with Crippen LogP contribution in [-0.4, -0.2) is 55.7 Å². The Morgan fingerprint density at radius 2 is 1.21 bits per heavy atom. The Hall–Kier alpha value is -7.79. The van der Waals surface area contributed by atoms with Crippen molar-refractivity contribution in [3.05, 3.63) is 172 Å². The predicted octanol–water partition coefficient (Wildman–Crippen LogP) is 12.8. The highest BCUT2D eigenvalue weighted by Crippen LogP contribution is 2.39. The molecule has 0 radical (unpaired) electrons. The minimum atomic E-state index is -0.0726. The molecule has 0 saturated carbocycles. The van der Waals surface area contributed by atoms with Gasteiger partial charge in [-0.25, -0.2) is 9.98 Å². The Labute approximate surface area is 423 Å². The monoisotopic (exact) mass is 961 g/mol. The molecule has 11 heteroatoms. The zero-order valence-electron chi connectivity index (χ0n) is 42.3. The van der Waals surface area contributed by atoms with Crippen molar-refractivity contribution in [1.29, 1.82) is 0 Å². The maximum absolute atomic E-state index is 12.9. The lowest BCUT2D eigenvalue weighted by atomic mass is 10.0. The predicted molar refractivity (Wildman–Crippen MR) is 293 cm³/mol. The Kier molecular flexibility index (Phi) is 15.7. The number of amides is 2. The Bertz CT molecular complexity index is 3220. The molecule has 72 heavy (non-hydrogen) atoms. The Balaban J connectivity index is 0.641. The largest absolute Gasteiger partial charge is 0.453 e. The van der Waals surface area contributed by atoms with Gasteiger partial charge in [-0.1, -0.05) is 73.7 Å². The zero-order chi connectivity index (χ0) is 50.0. The average molecular weight is 961 g/mol. The Morgan fingerprint density at radius 1 is 0.625 bits per heavy atom. The molecule has 9 rings (SSSR count). The van der Waals surface area contributed by atoms with E-state index in [1.54, 1.807) is 0 Å². The molecular weight excluding hydrogens is 895 g/mol. The van der Waals surface area contributed by atoms with Gasteiger partial charge in [0.25, 0.3) is 11.8 Å². The third-order valence-corrected chi connectivity index (χ3v) is 13.6. The lowest BCUT2D eigenvalue weighted by molar-refractivity contribution is 0.0944. The van der Waals surface area contributed by atoms with Gasteiger partial charge in [-0.3, -0.25) is 9.59 Å². The van der Waals surface area contributed by atoms with Gasteiger partial charge in [0.15, 0.2) is 17.1 Å². The number of aromatic nitrogens is 1. The standard InChI is InChI=1S/C61H65N7O4/c1-40-19-28-56-51(33-40)66-52-34-41(2)49(37-57(52)71-56)62-29-13-6-8-15-31-64-60(69)46-24-20-44(21-25-46)45-22-26-47(27-23-45)61(70)65-32-16-9-7-14-30-63-50-38-58-53(35-42(50)3)67-54-36-43(4)55(39-59(54)72-58)68(5)48-17-11-10-12-18-48/h10-12,17-18,20-28,33-39,62H,6-9,13-16,19,29-32H2,1-5H3,(H2,64,65,69,70)/p+1. The summed E-state index contributed by atoms with van der Waals surface area (Å²) in [5.41, 5.74) is 15.4. The van der Waals surface area contributed by atoms with E-state index in [4.69, 9.17) is 19.1 Å². The van der Waals surface area contributed by atoms with E-state index in [0.29, 0.717) is 24.2 Å². The van der Waals surface area contributed by atoms with E-state index < -0.39 is 0 Å². The van der Waals surface area contributed by atoms with Crippen molar-refractivity contribution in [2.24, 2.45) is 4.99 Å². The van der Waals surface area contributed by atoms with E-state index >= 15 is 0 Å². The summed E-state index contributed by atoms with van der Waals surface area (Å²) >= 11 is 0. The van der Waals surface area contributed by atoms with Crippen molar-refractivity contribution in [2.45, 2.75) is 85.5 Å². The van der Waals surface area contributed by atoms with E-state index in [9.17, 15) is 9.59 Å². The summed E-state index contributed by atoms with van der Waals surface area (Å²) in [6.45, 7) is 11.4. The van der Waals surface area contributed by atoms with Crippen LogP contribution in [-0.2, 0) is 0 Å². The second kappa shape index (κ2) is 23.0. The van der Waals surface area contributed by atoms with Gasteiger partial charge < -0.3 is 30.4 Å². The fraction of sp³-hybridized carbons (Fsp3) is 0.295. The molecule has 2 heterocycles. The number of benzene rings is 6. The van der Waals surface area contributed by atoms with Gasteiger partial charge in [0.2, 0.25) is 11.0 Å². The van der Waals surface area contributed by atoms with Crippen molar-refractivity contribution >= 4 is 51.4 Å². The van der Waals surface area contributed by atoms with Crippen LogP contribution in [0, 0.1) is 20.8 Å². The number of aryl methyl sites for hydroxylation is 3. The highest BCUT2D eigenvalue weighted by Gasteiger charge is 2.22.